The van der Waals surface area contributed by atoms with Crippen LogP contribution in [0.1, 0.15) is 42.8 Å². The maximum absolute atomic E-state index is 5.75. The standard InChI is InChI=1S/C23H29N5O2/c1-17-11-13-27(14-12-17)22(20-10-9-19(29-2)15-21(20)30-3)23-24-25-26-28(23)16-18-7-5-4-6-8-18/h4-10,15,17,22H,11-14,16H2,1-3H3. The van der Waals surface area contributed by atoms with Crippen molar-refractivity contribution in [2.24, 2.45) is 5.92 Å². The van der Waals surface area contributed by atoms with Gasteiger partial charge in [-0.05, 0) is 60.0 Å². The average molecular weight is 408 g/mol. The van der Waals surface area contributed by atoms with Crippen molar-refractivity contribution in [1.82, 2.24) is 25.1 Å². The monoisotopic (exact) mass is 407 g/mol. The van der Waals surface area contributed by atoms with E-state index in [2.05, 4.69) is 45.5 Å². The van der Waals surface area contributed by atoms with Crippen LogP contribution in [0.25, 0.3) is 0 Å². The highest BCUT2D eigenvalue weighted by atomic mass is 16.5. The second-order valence-corrected chi connectivity index (χ2v) is 7.91. The molecule has 1 saturated heterocycles. The number of piperidine rings is 1. The van der Waals surface area contributed by atoms with Crippen molar-refractivity contribution < 1.29 is 9.47 Å². The summed E-state index contributed by atoms with van der Waals surface area (Å²) in [7, 11) is 3.36. The van der Waals surface area contributed by atoms with Gasteiger partial charge in [0.1, 0.15) is 17.5 Å². The summed E-state index contributed by atoms with van der Waals surface area (Å²) < 4.78 is 13.1. The fourth-order valence-corrected chi connectivity index (χ4v) is 4.11. The van der Waals surface area contributed by atoms with Crippen molar-refractivity contribution in [1.29, 1.82) is 0 Å². The fraction of sp³-hybridized carbons (Fsp3) is 0.435. The lowest BCUT2D eigenvalue weighted by Crippen LogP contribution is -2.38. The van der Waals surface area contributed by atoms with Crippen LogP contribution in [0, 0.1) is 5.92 Å². The van der Waals surface area contributed by atoms with E-state index in [-0.39, 0.29) is 6.04 Å². The molecule has 2 aromatic carbocycles. The minimum atomic E-state index is -0.0860. The Kier molecular flexibility index (Phi) is 6.28. The van der Waals surface area contributed by atoms with Gasteiger partial charge in [0.05, 0.1) is 20.8 Å². The summed E-state index contributed by atoms with van der Waals surface area (Å²) in [4.78, 5) is 2.47. The molecule has 0 saturated carbocycles. The summed E-state index contributed by atoms with van der Waals surface area (Å²) in [5.41, 5.74) is 2.22. The van der Waals surface area contributed by atoms with Gasteiger partial charge in [0.25, 0.3) is 0 Å². The number of aromatic nitrogens is 4. The van der Waals surface area contributed by atoms with Crippen LogP contribution in [-0.2, 0) is 6.54 Å². The molecule has 1 aliphatic heterocycles. The number of likely N-dealkylation sites (tertiary alicyclic amines) is 1. The van der Waals surface area contributed by atoms with Crippen LogP contribution < -0.4 is 9.47 Å². The zero-order chi connectivity index (χ0) is 20.9. The Morgan fingerprint density at radius 2 is 1.80 bits per heavy atom. The number of ether oxygens (including phenoxy) is 2. The van der Waals surface area contributed by atoms with Gasteiger partial charge >= 0.3 is 0 Å². The highest BCUT2D eigenvalue weighted by molar-refractivity contribution is 5.44. The molecule has 0 spiro atoms. The molecule has 0 bridgehead atoms. The van der Waals surface area contributed by atoms with Crippen molar-refractivity contribution in [3.05, 3.63) is 65.5 Å². The third-order valence-corrected chi connectivity index (χ3v) is 5.90. The first-order chi connectivity index (χ1) is 14.7. The van der Waals surface area contributed by atoms with E-state index in [4.69, 9.17) is 9.47 Å². The third kappa shape index (κ3) is 4.31. The molecule has 1 aromatic heterocycles. The van der Waals surface area contributed by atoms with Crippen molar-refractivity contribution in [2.45, 2.75) is 32.4 Å². The molecule has 30 heavy (non-hydrogen) atoms. The first-order valence-electron chi connectivity index (χ1n) is 10.5. The Balaban J connectivity index is 1.75. The second kappa shape index (κ2) is 9.26. The van der Waals surface area contributed by atoms with Crippen LogP contribution in [-0.4, -0.2) is 52.4 Å². The highest BCUT2D eigenvalue weighted by Crippen LogP contribution is 2.37. The van der Waals surface area contributed by atoms with E-state index in [1.165, 1.54) is 5.56 Å². The van der Waals surface area contributed by atoms with Crippen LogP contribution in [0.15, 0.2) is 48.5 Å². The molecule has 0 amide bonds. The molecular formula is C23H29N5O2. The van der Waals surface area contributed by atoms with Crippen molar-refractivity contribution in [3.8, 4) is 11.5 Å². The molecule has 7 nitrogen and oxygen atoms in total. The number of benzene rings is 2. The van der Waals surface area contributed by atoms with Crippen LogP contribution in [0.5, 0.6) is 11.5 Å². The van der Waals surface area contributed by atoms with Crippen LogP contribution >= 0.6 is 0 Å². The van der Waals surface area contributed by atoms with Crippen molar-refractivity contribution in [2.75, 3.05) is 27.3 Å². The fourth-order valence-electron chi connectivity index (χ4n) is 4.11. The van der Waals surface area contributed by atoms with Gasteiger partial charge < -0.3 is 9.47 Å². The first-order valence-corrected chi connectivity index (χ1v) is 10.5. The van der Waals surface area contributed by atoms with Crippen LogP contribution in [0.4, 0.5) is 0 Å². The smallest absolute Gasteiger partial charge is 0.173 e. The number of hydrogen-bond donors (Lipinski definition) is 0. The molecule has 3 aromatic rings. The molecule has 2 heterocycles. The van der Waals surface area contributed by atoms with E-state index in [0.717, 1.165) is 54.7 Å². The highest BCUT2D eigenvalue weighted by Gasteiger charge is 2.32. The lowest BCUT2D eigenvalue weighted by molar-refractivity contribution is 0.148. The summed E-state index contributed by atoms with van der Waals surface area (Å²) in [6.45, 7) is 4.95. The molecule has 0 aliphatic carbocycles. The molecule has 0 radical (unpaired) electrons. The molecule has 4 rings (SSSR count). The van der Waals surface area contributed by atoms with E-state index in [0.29, 0.717) is 6.54 Å². The van der Waals surface area contributed by atoms with Crippen molar-refractivity contribution >= 4 is 0 Å². The lowest BCUT2D eigenvalue weighted by atomic mass is 9.95. The SMILES string of the molecule is COc1ccc(C(c2nnnn2Cc2ccccc2)N2CCC(C)CC2)c(OC)c1. The lowest BCUT2D eigenvalue weighted by Gasteiger charge is -2.36. The summed E-state index contributed by atoms with van der Waals surface area (Å²) in [5, 5.41) is 12.8. The minimum absolute atomic E-state index is 0.0860. The zero-order valence-electron chi connectivity index (χ0n) is 17.9. The minimum Gasteiger partial charge on any atom is -0.497 e. The quantitative estimate of drug-likeness (QED) is 0.597. The van der Waals surface area contributed by atoms with Gasteiger partial charge in [-0.25, -0.2) is 4.68 Å². The van der Waals surface area contributed by atoms with E-state index in [9.17, 15) is 0 Å². The summed E-state index contributed by atoms with van der Waals surface area (Å²) in [6, 6.07) is 16.2. The predicted octanol–water partition coefficient (Wildman–Crippen LogP) is 3.56. The number of methoxy groups -OCH3 is 2. The Hall–Kier alpha value is -2.93. The molecular weight excluding hydrogens is 378 g/mol. The van der Waals surface area contributed by atoms with Crippen LogP contribution in [0.3, 0.4) is 0 Å². The predicted molar refractivity (Wildman–Crippen MR) is 115 cm³/mol. The summed E-state index contributed by atoms with van der Waals surface area (Å²) >= 11 is 0. The Labute approximate surface area is 177 Å². The Morgan fingerprint density at radius 3 is 2.50 bits per heavy atom. The largest absolute Gasteiger partial charge is 0.497 e. The van der Waals surface area contributed by atoms with E-state index in [1.54, 1.807) is 14.2 Å². The van der Waals surface area contributed by atoms with Crippen LogP contribution in [0.2, 0.25) is 0 Å². The average Bonchev–Trinajstić information content (AvgIpc) is 3.23. The van der Waals surface area contributed by atoms with E-state index in [1.807, 2.05) is 35.0 Å². The molecule has 0 N–H and O–H groups in total. The number of hydrogen-bond acceptors (Lipinski definition) is 6. The normalized spacial score (nSPS) is 16.4. The zero-order valence-corrected chi connectivity index (χ0v) is 17.9. The topological polar surface area (TPSA) is 65.3 Å². The van der Waals surface area contributed by atoms with Gasteiger partial charge in [0.2, 0.25) is 0 Å². The summed E-state index contributed by atoms with van der Waals surface area (Å²) in [5.74, 6) is 3.12. The Morgan fingerprint density at radius 1 is 1.03 bits per heavy atom. The number of rotatable bonds is 7. The molecule has 1 fully saturated rings. The molecule has 1 atom stereocenters. The van der Waals surface area contributed by atoms with Gasteiger partial charge in [-0.2, -0.15) is 0 Å². The summed E-state index contributed by atoms with van der Waals surface area (Å²) in [6.07, 6.45) is 2.32. The van der Waals surface area contributed by atoms with Gasteiger partial charge in [-0.1, -0.05) is 37.3 Å². The Bertz CT molecular complexity index is 951. The van der Waals surface area contributed by atoms with E-state index < -0.39 is 0 Å². The van der Waals surface area contributed by atoms with E-state index >= 15 is 0 Å². The van der Waals surface area contributed by atoms with Gasteiger partial charge in [-0.15, -0.1) is 5.10 Å². The molecule has 1 aliphatic rings. The number of nitrogens with zero attached hydrogens (tertiary/aromatic N) is 5. The number of tetrazole rings is 1. The van der Waals surface area contributed by atoms with Gasteiger partial charge in [0.15, 0.2) is 5.82 Å². The molecule has 7 heteroatoms. The first kappa shape index (κ1) is 20.3. The second-order valence-electron chi connectivity index (χ2n) is 7.91. The van der Waals surface area contributed by atoms with Gasteiger partial charge in [-0.3, -0.25) is 4.90 Å². The third-order valence-electron chi connectivity index (χ3n) is 5.90. The maximum Gasteiger partial charge on any atom is 0.173 e. The van der Waals surface area contributed by atoms with Crippen molar-refractivity contribution in [3.63, 3.8) is 0 Å². The van der Waals surface area contributed by atoms with Gasteiger partial charge in [0, 0.05) is 11.6 Å². The molecule has 1 unspecified atom stereocenters. The molecule has 158 valence electrons. The maximum atomic E-state index is 5.75.